The minimum Gasteiger partial charge on any atom is -0.299 e. The van der Waals surface area contributed by atoms with Crippen molar-refractivity contribution in [1.82, 2.24) is 5.32 Å². The third kappa shape index (κ3) is 2.53. The van der Waals surface area contributed by atoms with E-state index in [9.17, 15) is 0 Å². The van der Waals surface area contributed by atoms with Crippen LogP contribution in [0.3, 0.4) is 0 Å². The van der Waals surface area contributed by atoms with Crippen molar-refractivity contribution in [3.63, 3.8) is 0 Å². The first-order chi connectivity index (χ1) is 8.15. The molecule has 1 aromatic carbocycles. The molecular weight excluding hydrogens is 206 g/mol. The van der Waals surface area contributed by atoms with Crippen LogP contribution in [0.5, 0.6) is 0 Å². The number of hydrogen-bond acceptors (Lipinski definition) is 1. The number of rotatable bonds is 2. The summed E-state index contributed by atoms with van der Waals surface area (Å²) >= 11 is 0. The van der Waals surface area contributed by atoms with Crippen LogP contribution in [-0.4, -0.2) is 6.54 Å². The molecule has 0 amide bonds. The number of nitrogens with one attached hydrogen (secondary N) is 1. The topological polar surface area (TPSA) is 12.0 Å². The normalized spacial score (nSPS) is 21.2. The number of fused-ring (bicyclic) bond motifs is 1. The highest BCUT2D eigenvalue weighted by Gasteiger charge is 2.31. The van der Waals surface area contributed by atoms with Crippen LogP contribution < -0.4 is 5.32 Å². The summed E-state index contributed by atoms with van der Waals surface area (Å²) < 4.78 is 0. The molecule has 0 saturated heterocycles. The lowest BCUT2D eigenvalue weighted by Gasteiger charge is -2.37. The van der Waals surface area contributed by atoms with E-state index in [2.05, 4.69) is 55.3 Å². The lowest BCUT2D eigenvalue weighted by Crippen LogP contribution is -2.32. The Bertz CT molecular complexity index is 448. The summed E-state index contributed by atoms with van der Waals surface area (Å²) in [5.41, 5.74) is 3.26. The van der Waals surface area contributed by atoms with E-state index in [1.165, 1.54) is 24.0 Å². The van der Waals surface area contributed by atoms with E-state index in [0.29, 0.717) is 11.5 Å². The molecule has 0 radical (unpaired) electrons. The quantitative estimate of drug-likeness (QED) is 0.763. The highest BCUT2D eigenvalue weighted by Crippen LogP contribution is 2.41. The van der Waals surface area contributed by atoms with Crippen LogP contribution in [0.4, 0.5) is 0 Å². The summed E-state index contributed by atoms with van der Waals surface area (Å²) in [6, 6.07) is 9.29. The summed E-state index contributed by atoms with van der Waals surface area (Å²) in [6.07, 6.45) is 2.44. The molecular formula is C16H21N. The van der Waals surface area contributed by atoms with Gasteiger partial charge in [-0.05, 0) is 36.3 Å². The molecule has 0 saturated carbocycles. The van der Waals surface area contributed by atoms with Gasteiger partial charge in [0, 0.05) is 6.04 Å². The van der Waals surface area contributed by atoms with Crippen LogP contribution in [0, 0.1) is 11.8 Å². The first-order valence-electron chi connectivity index (χ1n) is 6.37. The Hall–Kier alpha value is -1.26. The smallest absolute Gasteiger partial charge is 0.0581 e. The third-order valence-corrected chi connectivity index (χ3v) is 3.74. The van der Waals surface area contributed by atoms with Crippen molar-refractivity contribution in [2.45, 2.75) is 45.1 Å². The van der Waals surface area contributed by atoms with E-state index in [-0.39, 0.29) is 0 Å². The van der Waals surface area contributed by atoms with Gasteiger partial charge in [-0.3, -0.25) is 5.32 Å². The zero-order chi connectivity index (χ0) is 12.3. The lowest BCUT2D eigenvalue weighted by atomic mass is 9.71. The Labute approximate surface area is 105 Å². The predicted octanol–water partition coefficient (Wildman–Crippen LogP) is 3.41. The lowest BCUT2D eigenvalue weighted by molar-refractivity contribution is 0.366. The Balaban J connectivity index is 2.24. The highest BCUT2D eigenvalue weighted by atomic mass is 14.9. The monoisotopic (exact) mass is 227 g/mol. The van der Waals surface area contributed by atoms with E-state index in [0.717, 1.165) is 6.54 Å². The minimum atomic E-state index is 0.311. The Morgan fingerprint density at radius 2 is 2.12 bits per heavy atom. The second-order valence-electron chi connectivity index (χ2n) is 5.37. The second kappa shape index (κ2) is 4.94. The summed E-state index contributed by atoms with van der Waals surface area (Å²) in [5.74, 6) is 6.02. The first-order valence-corrected chi connectivity index (χ1v) is 6.37. The van der Waals surface area contributed by atoms with Crippen LogP contribution in [0.2, 0.25) is 0 Å². The van der Waals surface area contributed by atoms with Crippen LogP contribution in [0.15, 0.2) is 24.3 Å². The van der Waals surface area contributed by atoms with Gasteiger partial charge in [-0.2, -0.15) is 0 Å². The highest BCUT2D eigenvalue weighted by molar-refractivity contribution is 5.38. The molecule has 0 aromatic heterocycles. The summed E-state index contributed by atoms with van der Waals surface area (Å²) in [6.45, 7) is 7.36. The van der Waals surface area contributed by atoms with Gasteiger partial charge in [0.2, 0.25) is 0 Å². The van der Waals surface area contributed by atoms with Crippen molar-refractivity contribution in [3.05, 3.63) is 35.4 Å². The Kier molecular flexibility index (Phi) is 3.54. The fourth-order valence-corrected chi connectivity index (χ4v) is 2.69. The fraction of sp³-hybridized carbons (Fsp3) is 0.500. The number of benzene rings is 1. The molecule has 0 fully saturated rings. The zero-order valence-electron chi connectivity index (χ0n) is 11.0. The number of hydrogen-bond donors (Lipinski definition) is 1. The largest absolute Gasteiger partial charge is 0.299 e. The zero-order valence-corrected chi connectivity index (χ0v) is 11.0. The summed E-state index contributed by atoms with van der Waals surface area (Å²) in [4.78, 5) is 0. The van der Waals surface area contributed by atoms with E-state index in [1.54, 1.807) is 0 Å². The van der Waals surface area contributed by atoms with Gasteiger partial charge in [0.15, 0.2) is 0 Å². The summed E-state index contributed by atoms with van der Waals surface area (Å²) in [5, 5.41) is 3.54. The van der Waals surface area contributed by atoms with Crippen molar-refractivity contribution in [2.24, 2.45) is 0 Å². The summed E-state index contributed by atoms with van der Waals surface area (Å²) in [7, 11) is 0. The Morgan fingerprint density at radius 1 is 1.35 bits per heavy atom. The molecule has 1 unspecified atom stereocenters. The predicted molar refractivity (Wildman–Crippen MR) is 72.9 cm³/mol. The molecule has 1 heteroatoms. The van der Waals surface area contributed by atoms with Crippen LogP contribution in [0.25, 0.3) is 0 Å². The second-order valence-corrected chi connectivity index (χ2v) is 5.37. The van der Waals surface area contributed by atoms with Gasteiger partial charge in [0.1, 0.15) is 0 Å². The molecule has 1 nitrogen and oxygen atoms in total. The average molecular weight is 227 g/mol. The van der Waals surface area contributed by atoms with E-state index in [1.807, 2.05) is 6.92 Å². The minimum absolute atomic E-state index is 0.311. The van der Waals surface area contributed by atoms with Gasteiger partial charge < -0.3 is 0 Å². The third-order valence-electron chi connectivity index (χ3n) is 3.74. The molecule has 0 heterocycles. The van der Waals surface area contributed by atoms with Gasteiger partial charge >= 0.3 is 0 Å². The molecule has 0 bridgehead atoms. The van der Waals surface area contributed by atoms with Crippen molar-refractivity contribution in [3.8, 4) is 11.8 Å². The van der Waals surface area contributed by atoms with E-state index in [4.69, 9.17) is 0 Å². The van der Waals surface area contributed by atoms with Crippen molar-refractivity contribution in [1.29, 1.82) is 0 Å². The first kappa shape index (κ1) is 12.2. The van der Waals surface area contributed by atoms with Gasteiger partial charge in [-0.25, -0.2) is 0 Å². The molecule has 1 aromatic rings. The van der Waals surface area contributed by atoms with Crippen LogP contribution in [-0.2, 0) is 5.41 Å². The molecule has 1 atom stereocenters. The van der Waals surface area contributed by atoms with Crippen LogP contribution >= 0.6 is 0 Å². The van der Waals surface area contributed by atoms with Gasteiger partial charge in [0.25, 0.3) is 0 Å². The molecule has 0 aliphatic heterocycles. The molecule has 1 aliphatic rings. The molecule has 1 aliphatic carbocycles. The van der Waals surface area contributed by atoms with Crippen molar-refractivity contribution >= 4 is 0 Å². The SMILES string of the molecule is CC#CCNC1CCC(C)(C)c2ccccc21. The maximum atomic E-state index is 3.54. The molecule has 0 spiro atoms. The van der Waals surface area contributed by atoms with Crippen molar-refractivity contribution in [2.75, 3.05) is 6.54 Å². The van der Waals surface area contributed by atoms with E-state index >= 15 is 0 Å². The molecule has 2 rings (SSSR count). The maximum Gasteiger partial charge on any atom is 0.0581 e. The Morgan fingerprint density at radius 3 is 2.88 bits per heavy atom. The fourth-order valence-electron chi connectivity index (χ4n) is 2.69. The molecule has 17 heavy (non-hydrogen) atoms. The standard InChI is InChI=1S/C16H21N/c1-4-5-12-17-15-10-11-16(2,3)14-9-7-6-8-13(14)15/h6-9,15,17H,10-12H2,1-3H3. The molecule has 1 N–H and O–H groups in total. The van der Waals surface area contributed by atoms with Crippen LogP contribution in [0.1, 0.15) is 50.8 Å². The average Bonchev–Trinajstić information content (AvgIpc) is 2.33. The van der Waals surface area contributed by atoms with Gasteiger partial charge in [-0.15, -0.1) is 5.92 Å². The van der Waals surface area contributed by atoms with Crippen molar-refractivity contribution < 1.29 is 0 Å². The van der Waals surface area contributed by atoms with Gasteiger partial charge in [-0.1, -0.05) is 44.0 Å². The maximum absolute atomic E-state index is 3.54. The van der Waals surface area contributed by atoms with Gasteiger partial charge in [0.05, 0.1) is 6.54 Å². The van der Waals surface area contributed by atoms with E-state index < -0.39 is 0 Å². The molecule has 90 valence electrons.